The molecule has 20 heavy (non-hydrogen) atoms. The zero-order valence-electron chi connectivity index (χ0n) is 12.8. The van der Waals surface area contributed by atoms with E-state index in [1.54, 1.807) is 6.92 Å². The van der Waals surface area contributed by atoms with Crippen LogP contribution in [0, 0.1) is 5.92 Å². The van der Waals surface area contributed by atoms with Crippen molar-refractivity contribution in [2.75, 3.05) is 18.6 Å². The van der Waals surface area contributed by atoms with Crippen molar-refractivity contribution in [1.29, 1.82) is 0 Å². The lowest BCUT2D eigenvalue weighted by Crippen LogP contribution is -2.70. The fraction of sp³-hybridized carbons (Fsp3) is 0.846. The molecule has 0 aliphatic carbocycles. The van der Waals surface area contributed by atoms with Crippen LogP contribution in [0.3, 0.4) is 0 Å². The van der Waals surface area contributed by atoms with Crippen molar-refractivity contribution in [3.8, 4) is 0 Å². The summed E-state index contributed by atoms with van der Waals surface area (Å²) in [4.78, 5) is 26.2. The fourth-order valence-electron chi connectivity index (χ4n) is 2.39. The molecule has 116 valence electrons. The molecular weight excluding hydrogens is 280 g/mol. The Balaban J connectivity index is 3.08. The Kier molecular flexibility index (Phi) is 4.84. The van der Waals surface area contributed by atoms with E-state index in [4.69, 9.17) is 0 Å². The van der Waals surface area contributed by atoms with Crippen LogP contribution in [0.1, 0.15) is 34.1 Å². The molecular formula is C13H24N2O4S. The normalized spacial score (nSPS) is 27.9. The molecule has 0 aromatic rings. The van der Waals surface area contributed by atoms with Crippen molar-refractivity contribution in [2.24, 2.45) is 5.92 Å². The van der Waals surface area contributed by atoms with Gasteiger partial charge in [0.15, 0.2) is 0 Å². The molecule has 2 atom stereocenters. The maximum absolute atomic E-state index is 12.6. The Morgan fingerprint density at radius 2 is 1.90 bits per heavy atom. The minimum Gasteiger partial charge on any atom is -0.340 e. The number of rotatable bonds is 5. The first-order valence-corrected chi connectivity index (χ1v) is 8.88. The number of amides is 2. The molecule has 1 N–H and O–H groups in total. The van der Waals surface area contributed by atoms with Crippen LogP contribution in [-0.4, -0.2) is 55.3 Å². The van der Waals surface area contributed by atoms with Crippen molar-refractivity contribution >= 4 is 21.7 Å². The van der Waals surface area contributed by atoms with Gasteiger partial charge in [-0.15, -0.1) is 0 Å². The van der Waals surface area contributed by atoms with Crippen LogP contribution in [0.4, 0.5) is 0 Å². The Bertz CT molecular complexity index is 501. The number of nitrogens with zero attached hydrogens (tertiary/aromatic N) is 1. The molecule has 1 saturated heterocycles. The second-order valence-corrected chi connectivity index (χ2v) is 8.25. The van der Waals surface area contributed by atoms with Gasteiger partial charge < -0.3 is 10.2 Å². The molecule has 0 aromatic carbocycles. The van der Waals surface area contributed by atoms with Gasteiger partial charge >= 0.3 is 0 Å². The smallest absolute Gasteiger partial charge is 0.248 e. The van der Waals surface area contributed by atoms with Gasteiger partial charge in [-0.2, -0.15) is 0 Å². The molecule has 1 heterocycles. The summed E-state index contributed by atoms with van der Waals surface area (Å²) < 4.78 is 22.7. The third-order valence-electron chi connectivity index (χ3n) is 3.78. The van der Waals surface area contributed by atoms with Crippen LogP contribution in [0.5, 0.6) is 0 Å². The summed E-state index contributed by atoms with van der Waals surface area (Å²) >= 11 is 0. The molecule has 6 nitrogen and oxygen atoms in total. The first-order valence-electron chi connectivity index (χ1n) is 6.82. The molecule has 1 rings (SSSR count). The predicted molar refractivity (Wildman–Crippen MR) is 76.9 cm³/mol. The van der Waals surface area contributed by atoms with Crippen LogP contribution < -0.4 is 5.32 Å². The van der Waals surface area contributed by atoms with Crippen LogP contribution in [0.2, 0.25) is 0 Å². The lowest BCUT2D eigenvalue weighted by Gasteiger charge is -2.45. The minimum atomic E-state index is -3.18. The molecule has 0 spiro atoms. The first kappa shape index (κ1) is 16.9. The van der Waals surface area contributed by atoms with E-state index in [2.05, 4.69) is 5.32 Å². The van der Waals surface area contributed by atoms with Crippen LogP contribution in [0.15, 0.2) is 0 Å². The van der Waals surface area contributed by atoms with E-state index in [1.165, 1.54) is 4.90 Å². The SMILES string of the molecule is CCC1(C)NC(=O)C(C(C)C)N(CCS(C)(=O)=O)C1=O. The van der Waals surface area contributed by atoms with Gasteiger partial charge in [-0.05, 0) is 19.3 Å². The molecule has 1 fully saturated rings. The third-order valence-corrected chi connectivity index (χ3v) is 4.70. The lowest BCUT2D eigenvalue weighted by atomic mass is 9.88. The van der Waals surface area contributed by atoms with E-state index in [-0.39, 0.29) is 30.0 Å². The molecule has 2 amide bonds. The van der Waals surface area contributed by atoms with Crippen molar-refractivity contribution < 1.29 is 18.0 Å². The lowest BCUT2D eigenvalue weighted by molar-refractivity contribution is -0.155. The Morgan fingerprint density at radius 1 is 1.35 bits per heavy atom. The maximum atomic E-state index is 12.6. The van der Waals surface area contributed by atoms with E-state index < -0.39 is 21.4 Å². The first-order chi connectivity index (χ1) is 9.02. The summed E-state index contributed by atoms with van der Waals surface area (Å²) in [7, 11) is -3.18. The van der Waals surface area contributed by atoms with Gasteiger partial charge in [0, 0.05) is 12.8 Å². The van der Waals surface area contributed by atoms with E-state index >= 15 is 0 Å². The second-order valence-electron chi connectivity index (χ2n) is 5.99. The summed E-state index contributed by atoms with van der Waals surface area (Å²) in [6.07, 6.45) is 1.60. The molecule has 2 unspecified atom stereocenters. The van der Waals surface area contributed by atoms with Gasteiger partial charge in [0.25, 0.3) is 0 Å². The molecule has 0 aromatic heterocycles. The Morgan fingerprint density at radius 3 is 2.30 bits per heavy atom. The van der Waals surface area contributed by atoms with Gasteiger partial charge in [0.1, 0.15) is 21.4 Å². The monoisotopic (exact) mass is 304 g/mol. The van der Waals surface area contributed by atoms with Gasteiger partial charge in [-0.1, -0.05) is 20.8 Å². The average Bonchev–Trinajstić information content (AvgIpc) is 2.30. The number of carbonyl (C=O) groups is 2. The molecule has 1 aliphatic rings. The van der Waals surface area contributed by atoms with Crippen LogP contribution >= 0.6 is 0 Å². The standard InChI is InChI=1S/C13H24N2O4S/c1-6-13(4)12(17)15(7-8-20(5,18)19)10(9(2)3)11(16)14-13/h9-10H,6-8H2,1-5H3,(H,14,16). The van der Waals surface area contributed by atoms with Gasteiger partial charge in [0.05, 0.1) is 5.75 Å². The van der Waals surface area contributed by atoms with E-state index in [0.29, 0.717) is 6.42 Å². The quantitative estimate of drug-likeness (QED) is 0.785. The highest BCUT2D eigenvalue weighted by atomic mass is 32.2. The summed E-state index contributed by atoms with van der Waals surface area (Å²) in [5, 5.41) is 2.77. The zero-order valence-corrected chi connectivity index (χ0v) is 13.6. The summed E-state index contributed by atoms with van der Waals surface area (Å²) in [6.45, 7) is 7.25. The number of hydrogen-bond donors (Lipinski definition) is 1. The maximum Gasteiger partial charge on any atom is 0.248 e. The van der Waals surface area contributed by atoms with E-state index in [0.717, 1.165) is 6.26 Å². The number of hydrogen-bond acceptors (Lipinski definition) is 4. The van der Waals surface area contributed by atoms with Crippen molar-refractivity contribution in [2.45, 2.75) is 45.7 Å². The summed E-state index contributed by atoms with van der Waals surface area (Å²) in [6, 6.07) is -0.608. The largest absolute Gasteiger partial charge is 0.340 e. The molecule has 0 radical (unpaired) electrons. The molecule has 1 aliphatic heterocycles. The van der Waals surface area contributed by atoms with Crippen molar-refractivity contribution in [3.63, 3.8) is 0 Å². The van der Waals surface area contributed by atoms with Gasteiger partial charge in [-0.25, -0.2) is 8.42 Å². The highest BCUT2D eigenvalue weighted by molar-refractivity contribution is 7.90. The van der Waals surface area contributed by atoms with Gasteiger partial charge in [0.2, 0.25) is 11.8 Å². The van der Waals surface area contributed by atoms with Crippen molar-refractivity contribution in [3.05, 3.63) is 0 Å². The van der Waals surface area contributed by atoms with E-state index in [1.807, 2.05) is 20.8 Å². The number of carbonyl (C=O) groups excluding carboxylic acids is 2. The van der Waals surface area contributed by atoms with Crippen LogP contribution in [-0.2, 0) is 19.4 Å². The van der Waals surface area contributed by atoms with Crippen molar-refractivity contribution in [1.82, 2.24) is 10.2 Å². The minimum absolute atomic E-state index is 0.0591. The molecule has 7 heteroatoms. The zero-order chi connectivity index (χ0) is 15.7. The van der Waals surface area contributed by atoms with E-state index in [9.17, 15) is 18.0 Å². The van der Waals surface area contributed by atoms with Gasteiger partial charge in [-0.3, -0.25) is 9.59 Å². The van der Waals surface area contributed by atoms with Crippen LogP contribution in [0.25, 0.3) is 0 Å². The number of nitrogens with one attached hydrogen (secondary N) is 1. The topological polar surface area (TPSA) is 83.6 Å². The summed E-state index contributed by atoms with van der Waals surface area (Å²) in [5.74, 6) is -0.617. The summed E-state index contributed by atoms with van der Waals surface area (Å²) in [5.41, 5.74) is -0.944. The predicted octanol–water partition coefficient (Wildman–Crippen LogP) is 0.183. The highest BCUT2D eigenvalue weighted by Crippen LogP contribution is 2.25. The molecule has 0 saturated carbocycles. The second kappa shape index (κ2) is 5.71. The fourth-order valence-corrected chi connectivity index (χ4v) is 2.92. The Labute approximate surface area is 120 Å². The highest BCUT2D eigenvalue weighted by Gasteiger charge is 2.47. The Hall–Kier alpha value is -1.11. The number of piperazine rings is 1. The third kappa shape index (κ3) is 3.50. The molecule has 0 bridgehead atoms. The average molecular weight is 304 g/mol. The number of sulfone groups is 1.